The van der Waals surface area contributed by atoms with E-state index in [9.17, 15) is 18.0 Å². The molecule has 190 valence electrons. The lowest BCUT2D eigenvalue weighted by molar-refractivity contribution is -0.115. The summed E-state index contributed by atoms with van der Waals surface area (Å²) in [6, 6.07) is 6.29. The number of rotatable bonds is 4. The Balaban J connectivity index is 1.76. The Kier molecular flexibility index (Phi) is 6.90. The molecule has 1 amide bonds. The third kappa shape index (κ3) is 5.13. The van der Waals surface area contributed by atoms with E-state index >= 15 is 4.39 Å². The fourth-order valence-electron chi connectivity index (χ4n) is 4.43. The van der Waals surface area contributed by atoms with E-state index in [0.717, 1.165) is 12.3 Å². The summed E-state index contributed by atoms with van der Waals surface area (Å²) >= 11 is 0. The monoisotopic (exact) mass is 501 g/mol. The number of carbonyl (C=O) groups is 1. The topological polar surface area (TPSA) is 60.5 Å². The highest BCUT2D eigenvalue weighted by atomic mass is 19.4. The van der Waals surface area contributed by atoms with E-state index in [4.69, 9.17) is 0 Å². The van der Waals surface area contributed by atoms with Crippen molar-refractivity contribution in [2.45, 2.75) is 32.1 Å². The number of halogens is 4. The summed E-state index contributed by atoms with van der Waals surface area (Å²) in [5.74, 6) is -1.48. The smallest absolute Gasteiger partial charge is 0.367 e. The van der Waals surface area contributed by atoms with Gasteiger partial charge in [-0.2, -0.15) is 13.2 Å². The molecule has 2 N–H and O–H groups in total. The van der Waals surface area contributed by atoms with Crippen molar-refractivity contribution in [3.05, 3.63) is 78.2 Å². The number of pyridine rings is 1. The molecule has 3 heterocycles. The van der Waals surface area contributed by atoms with Gasteiger partial charge in [-0.3, -0.25) is 14.7 Å². The minimum absolute atomic E-state index is 0.0155. The second-order valence-corrected chi connectivity index (χ2v) is 9.09. The van der Waals surface area contributed by atoms with Crippen molar-refractivity contribution in [1.29, 1.82) is 0 Å². The quantitative estimate of drug-likeness (QED) is 0.587. The molecule has 2 aliphatic heterocycles. The molecule has 2 atom stereocenters. The lowest BCUT2D eigenvalue weighted by Crippen LogP contribution is -2.55. The second kappa shape index (κ2) is 9.77. The van der Waals surface area contributed by atoms with Gasteiger partial charge >= 0.3 is 6.18 Å². The summed E-state index contributed by atoms with van der Waals surface area (Å²) in [7, 11) is 2.00. The van der Waals surface area contributed by atoms with Crippen molar-refractivity contribution in [3.8, 4) is 11.1 Å². The van der Waals surface area contributed by atoms with Gasteiger partial charge in [-0.15, -0.1) is 0 Å². The summed E-state index contributed by atoms with van der Waals surface area (Å²) in [5, 5.41) is 5.18. The van der Waals surface area contributed by atoms with Crippen molar-refractivity contribution in [3.63, 3.8) is 0 Å². The number of amides is 1. The number of nitrogens with one attached hydrogen (secondary N) is 2. The highest BCUT2D eigenvalue weighted by Crippen LogP contribution is 2.38. The predicted octanol–water partition coefficient (Wildman–Crippen LogP) is 4.84. The Labute approximate surface area is 207 Å². The van der Waals surface area contributed by atoms with Gasteiger partial charge in [0, 0.05) is 55.0 Å². The van der Waals surface area contributed by atoms with Crippen LogP contribution in [0.1, 0.15) is 13.8 Å². The van der Waals surface area contributed by atoms with Crippen molar-refractivity contribution in [2.75, 3.05) is 30.4 Å². The van der Waals surface area contributed by atoms with Crippen molar-refractivity contribution >= 4 is 17.3 Å². The third-order valence-corrected chi connectivity index (χ3v) is 6.59. The Morgan fingerprint density at radius 2 is 1.81 bits per heavy atom. The van der Waals surface area contributed by atoms with Crippen LogP contribution in [0.25, 0.3) is 11.1 Å². The molecule has 6 nitrogen and oxygen atoms in total. The zero-order chi connectivity index (χ0) is 26.2. The minimum atomic E-state index is -4.76. The van der Waals surface area contributed by atoms with Gasteiger partial charge in [0.1, 0.15) is 5.82 Å². The van der Waals surface area contributed by atoms with E-state index in [1.165, 1.54) is 24.5 Å². The fourth-order valence-corrected chi connectivity index (χ4v) is 4.43. The van der Waals surface area contributed by atoms with Crippen LogP contribution in [-0.2, 0) is 4.79 Å². The van der Waals surface area contributed by atoms with Gasteiger partial charge in [0.15, 0.2) is 0 Å². The van der Waals surface area contributed by atoms with Gasteiger partial charge in [0.25, 0.3) is 5.91 Å². The standard InChI is InChI=1S/C26H27F4N5O/c1-15-9-21(26(28,29)30)20(12-32-15)25(36)33-23-10-19(18-5-7-31-8-6-18)22(27)11-24(23)35-13-16(2)34(4)17(3)14-35/h5-12,16-17,32H,1,13-14H2,2-4H3,(H,33,36)/t16-,17+. The maximum Gasteiger partial charge on any atom is 0.417 e. The molecule has 0 spiro atoms. The van der Waals surface area contributed by atoms with Crippen LogP contribution in [0.4, 0.5) is 28.9 Å². The van der Waals surface area contributed by atoms with E-state index in [1.807, 2.05) is 25.8 Å². The van der Waals surface area contributed by atoms with Crippen LogP contribution in [0, 0.1) is 5.82 Å². The summed E-state index contributed by atoms with van der Waals surface area (Å²) in [6.45, 7) is 8.66. The van der Waals surface area contributed by atoms with Crippen LogP contribution in [0.3, 0.4) is 0 Å². The first kappa shape index (κ1) is 25.4. The van der Waals surface area contributed by atoms with Crippen LogP contribution < -0.4 is 15.5 Å². The van der Waals surface area contributed by atoms with Crippen LogP contribution in [0.2, 0.25) is 0 Å². The lowest BCUT2D eigenvalue weighted by Gasteiger charge is -2.44. The number of anilines is 2. The van der Waals surface area contributed by atoms with Gasteiger partial charge in [-0.1, -0.05) is 6.58 Å². The normalized spacial score (nSPS) is 21.0. The van der Waals surface area contributed by atoms with Gasteiger partial charge in [0.05, 0.1) is 22.5 Å². The average molecular weight is 502 g/mol. The van der Waals surface area contributed by atoms with E-state index in [0.29, 0.717) is 24.3 Å². The maximum absolute atomic E-state index is 15.3. The molecule has 0 aliphatic carbocycles. The molecular formula is C26H27F4N5O. The van der Waals surface area contributed by atoms with E-state index in [-0.39, 0.29) is 29.0 Å². The summed E-state index contributed by atoms with van der Waals surface area (Å²) in [5.41, 5.74) is -0.348. The zero-order valence-corrected chi connectivity index (χ0v) is 20.2. The molecule has 1 aromatic heterocycles. The number of aromatic nitrogens is 1. The molecule has 36 heavy (non-hydrogen) atoms. The summed E-state index contributed by atoms with van der Waals surface area (Å²) in [6.07, 6.45) is 0.0254. The number of likely N-dealkylation sites (N-methyl/N-ethyl adjacent to an activating group) is 1. The van der Waals surface area contributed by atoms with Crippen LogP contribution >= 0.6 is 0 Å². The number of hydrogen-bond donors (Lipinski definition) is 2. The number of alkyl halides is 3. The van der Waals surface area contributed by atoms with Crippen molar-refractivity contribution in [2.24, 2.45) is 0 Å². The predicted molar refractivity (Wildman–Crippen MR) is 132 cm³/mol. The first-order chi connectivity index (χ1) is 17.0. The van der Waals surface area contributed by atoms with Crippen molar-refractivity contribution in [1.82, 2.24) is 15.2 Å². The number of benzene rings is 1. The van der Waals surface area contributed by atoms with E-state index < -0.39 is 29.0 Å². The van der Waals surface area contributed by atoms with Gasteiger partial charge in [-0.25, -0.2) is 4.39 Å². The molecule has 1 aromatic carbocycles. The molecule has 0 bridgehead atoms. The number of piperazine rings is 1. The largest absolute Gasteiger partial charge is 0.417 e. The first-order valence-corrected chi connectivity index (χ1v) is 11.4. The van der Waals surface area contributed by atoms with Gasteiger partial charge in [-0.05, 0) is 56.8 Å². The van der Waals surface area contributed by atoms with E-state index in [2.05, 4.69) is 27.1 Å². The van der Waals surface area contributed by atoms with Crippen molar-refractivity contribution < 1.29 is 22.4 Å². The summed E-state index contributed by atoms with van der Waals surface area (Å²) < 4.78 is 56.3. The molecule has 0 radical (unpaired) electrons. The highest BCUT2D eigenvalue weighted by Gasteiger charge is 2.40. The maximum atomic E-state index is 15.3. The van der Waals surface area contributed by atoms with Crippen LogP contribution in [-0.4, -0.2) is 54.2 Å². The Morgan fingerprint density at radius 1 is 1.17 bits per heavy atom. The second-order valence-electron chi connectivity index (χ2n) is 9.09. The van der Waals surface area contributed by atoms with Crippen LogP contribution in [0.5, 0.6) is 0 Å². The molecule has 0 unspecified atom stereocenters. The zero-order valence-electron chi connectivity index (χ0n) is 20.2. The molecule has 2 aliphatic rings. The van der Waals surface area contributed by atoms with Crippen LogP contribution in [0.15, 0.2) is 72.4 Å². The molecule has 1 fully saturated rings. The molecule has 1 saturated heterocycles. The SMILES string of the molecule is C=C1C=C(C(F)(F)F)C(C(=O)Nc2cc(-c3ccncc3)c(F)cc2N2C[C@@H](C)N(C)[C@@H](C)C2)=CN1. The Hall–Kier alpha value is -3.66. The highest BCUT2D eigenvalue weighted by molar-refractivity contribution is 6.09. The number of carbonyl (C=O) groups excluding carboxylic acids is 1. The number of hydrogen-bond acceptors (Lipinski definition) is 5. The molecule has 0 saturated carbocycles. The summed E-state index contributed by atoms with van der Waals surface area (Å²) in [4.78, 5) is 21.2. The molecule has 4 rings (SSSR count). The molecule has 2 aromatic rings. The fraction of sp³-hybridized carbons (Fsp3) is 0.308. The Bertz CT molecular complexity index is 1230. The minimum Gasteiger partial charge on any atom is -0.367 e. The molecular weight excluding hydrogens is 474 g/mol. The number of nitrogens with zero attached hydrogens (tertiary/aromatic N) is 3. The number of dihydropyridines is 1. The first-order valence-electron chi connectivity index (χ1n) is 11.4. The molecule has 10 heteroatoms. The van der Waals surface area contributed by atoms with Gasteiger partial charge < -0.3 is 15.5 Å². The third-order valence-electron chi connectivity index (χ3n) is 6.59. The van der Waals surface area contributed by atoms with E-state index in [1.54, 1.807) is 12.1 Å². The number of allylic oxidation sites excluding steroid dienone is 1. The Morgan fingerprint density at radius 3 is 2.42 bits per heavy atom. The lowest BCUT2D eigenvalue weighted by atomic mass is 10.00. The average Bonchev–Trinajstić information content (AvgIpc) is 2.83. The van der Waals surface area contributed by atoms with Gasteiger partial charge in [0.2, 0.25) is 0 Å².